The summed E-state index contributed by atoms with van der Waals surface area (Å²) in [6.07, 6.45) is 0.466. The molecule has 1 rings (SSSR count). The molecule has 19 heavy (non-hydrogen) atoms. The topological polar surface area (TPSA) is 76.0 Å². The Morgan fingerprint density at radius 2 is 2.16 bits per heavy atom. The zero-order valence-electron chi connectivity index (χ0n) is 11.2. The maximum absolute atomic E-state index is 11.3. The van der Waals surface area contributed by atoms with Crippen molar-refractivity contribution >= 4 is 15.5 Å². The molecule has 6 heteroatoms. The maximum Gasteiger partial charge on any atom is 0.150 e. The first kappa shape index (κ1) is 15.5. The van der Waals surface area contributed by atoms with E-state index in [2.05, 4.69) is 5.16 Å². The number of hydrogen-bond donors (Lipinski definition) is 1. The molecule has 0 heterocycles. The Balaban J connectivity index is 2.51. The molecule has 0 unspecified atom stereocenters. The van der Waals surface area contributed by atoms with Gasteiger partial charge in [-0.2, -0.15) is 0 Å². The minimum Gasteiger partial charge on any atom is -0.494 e. The van der Waals surface area contributed by atoms with Crippen molar-refractivity contribution in [3.8, 4) is 5.75 Å². The van der Waals surface area contributed by atoms with E-state index in [1.54, 1.807) is 32.0 Å². The van der Waals surface area contributed by atoms with Crippen molar-refractivity contribution in [3.05, 3.63) is 29.8 Å². The molecule has 0 atom stereocenters. The molecule has 0 radical (unpaired) electrons. The predicted octanol–water partition coefficient (Wildman–Crippen LogP) is 2.09. The molecule has 0 aromatic heterocycles. The van der Waals surface area contributed by atoms with E-state index in [9.17, 15) is 8.42 Å². The third kappa shape index (κ3) is 5.30. The van der Waals surface area contributed by atoms with Gasteiger partial charge in [0.25, 0.3) is 0 Å². The standard InChI is InChI=1S/C13H19NO4S/c1-3-19(16,17)9-5-8-18-13-7-4-6-12(10-13)11(2)14-15/h4,6-7,10,15H,3,5,8-9H2,1-2H3. The molecule has 1 aromatic carbocycles. The third-order valence-electron chi connectivity index (χ3n) is 2.71. The van der Waals surface area contributed by atoms with Crippen LogP contribution < -0.4 is 4.74 Å². The number of sulfone groups is 1. The highest BCUT2D eigenvalue weighted by Crippen LogP contribution is 2.14. The van der Waals surface area contributed by atoms with Crippen LogP contribution in [0.2, 0.25) is 0 Å². The summed E-state index contributed by atoms with van der Waals surface area (Å²) >= 11 is 0. The molecule has 0 aliphatic carbocycles. The zero-order valence-corrected chi connectivity index (χ0v) is 12.0. The van der Waals surface area contributed by atoms with Crippen molar-refractivity contribution in [1.82, 2.24) is 0 Å². The van der Waals surface area contributed by atoms with E-state index in [-0.39, 0.29) is 11.5 Å². The van der Waals surface area contributed by atoms with Crippen LogP contribution in [0.1, 0.15) is 25.8 Å². The minimum atomic E-state index is -2.93. The Labute approximate surface area is 113 Å². The summed E-state index contributed by atoms with van der Waals surface area (Å²) in [5, 5.41) is 11.8. The van der Waals surface area contributed by atoms with Crippen molar-refractivity contribution in [3.63, 3.8) is 0 Å². The Morgan fingerprint density at radius 1 is 1.42 bits per heavy atom. The van der Waals surface area contributed by atoms with E-state index in [0.717, 1.165) is 5.56 Å². The molecule has 0 amide bonds. The van der Waals surface area contributed by atoms with Gasteiger partial charge < -0.3 is 9.94 Å². The molecular formula is C13H19NO4S. The van der Waals surface area contributed by atoms with Crippen LogP contribution in [0.15, 0.2) is 29.4 Å². The van der Waals surface area contributed by atoms with Crippen LogP contribution in [0.25, 0.3) is 0 Å². The molecule has 0 aliphatic heterocycles. The molecule has 106 valence electrons. The van der Waals surface area contributed by atoms with E-state index in [1.807, 2.05) is 6.07 Å². The average molecular weight is 285 g/mol. The van der Waals surface area contributed by atoms with E-state index in [4.69, 9.17) is 9.94 Å². The highest BCUT2D eigenvalue weighted by Gasteiger charge is 2.07. The predicted molar refractivity (Wildman–Crippen MR) is 74.9 cm³/mol. The van der Waals surface area contributed by atoms with Gasteiger partial charge in [0.2, 0.25) is 0 Å². The molecule has 0 aliphatic rings. The lowest BCUT2D eigenvalue weighted by Crippen LogP contribution is -2.11. The summed E-state index contributed by atoms with van der Waals surface area (Å²) in [5.74, 6) is 0.934. The molecule has 0 saturated heterocycles. The Kier molecular flexibility index (Phi) is 5.82. The highest BCUT2D eigenvalue weighted by atomic mass is 32.2. The first-order valence-corrected chi connectivity index (χ1v) is 7.93. The molecule has 0 spiro atoms. The van der Waals surface area contributed by atoms with Gasteiger partial charge in [0.15, 0.2) is 0 Å². The first-order valence-electron chi connectivity index (χ1n) is 6.11. The van der Waals surface area contributed by atoms with E-state index >= 15 is 0 Å². The smallest absolute Gasteiger partial charge is 0.150 e. The van der Waals surface area contributed by atoms with Crippen molar-refractivity contribution in [2.45, 2.75) is 20.3 Å². The van der Waals surface area contributed by atoms with Crippen LogP contribution in [0.4, 0.5) is 0 Å². The van der Waals surface area contributed by atoms with Gasteiger partial charge in [-0.3, -0.25) is 0 Å². The number of rotatable bonds is 7. The summed E-state index contributed by atoms with van der Waals surface area (Å²) in [7, 11) is -2.93. The summed E-state index contributed by atoms with van der Waals surface area (Å²) in [6.45, 7) is 3.67. The van der Waals surface area contributed by atoms with Crippen molar-refractivity contribution in [2.75, 3.05) is 18.1 Å². The Hall–Kier alpha value is -1.56. The monoisotopic (exact) mass is 285 g/mol. The van der Waals surface area contributed by atoms with Crippen LogP contribution in [-0.4, -0.2) is 37.4 Å². The summed E-state index contributed by atoms with van der Waals surface area (Å²) < 4.78 is 28.1. The number of nitrogens with zero attached hydrogens (tertiary/aromatic N) is 1. The first-order chi connectivity index (χ1) is 8.98. The van der Waals surface area contributed by atoms with E-state index < -0.39 is 9.84 Å². The SMILES string of the molecule is CCS(=O)(=O)CCCOc1cccc(C(C)=NO)c1. The van der Waals surface area contributed by atoms with Gasteiger partial charge in [0.05, 0.1) is 18.1 Å². The lowest BCUT2D eigenvalue weighted by atomic mass is 10.1. The fourth-order valence-corrected chi connectivity index (χ4v) is 2.33. The van der Waals surface area contributed by atoms with Gasteiger partial charge in [0, 0.05) is 11.3 Å². The largest absolute Gasteiger partial charge is 0.494 e. The fourth-order valence-electron chi connectivity index (χ4n) is 1.48. The highest BCUT2D eigenvalue weighted by molar-refractivity contribution is 7.91. The zero-order chi connectivity index (χ0) is 14.3. The minimum absolute atomic E-state index is 0.139. The third-order valence-corrected chi connectivity index (χ3v) is 4.50. The number of ether oxygens (including phenoxy) is 1. The second kappa shape index (κ2) is 7.13. The van der Waals surface area contributed by atoms with Gasteiger partial charge in [-0.1, -0.05) is 24.2 Å². The van der Waals surface area contributed by atoms with Gasteiger partial charge in [0.1, 0.15) is 15.6 Å². The van der Waals surface area contributed by atoms with E-state index in [1.165, 1.54) is 0 Å². The lowest BCUT2D eigenvalue weighted by molar-refractivity contribution is 0.316. The molecule has 0 bridgehead atoms. The van der Waals surface area contributed by atoms with Gasteiger partial charge in [-0.25, -0.2) is 8.42 Å². The second-order valence-electron chi connectivity index (χ2n) is 4.15. The number of benzene rings is 1. The molecule has 5 nitrogen and oxygen atoms in total. The number of hydrogen-bond acceptors (Lipinski definition) is 5. The van der Waals surface area contributed by atoms with Crippen LogP contribution in [0.5, 0.6) is 5.75 Å². The van der Waals surface area contributed by atoms with Crippen molar-refractivity contribution in [2.24, 2.45) is 5.16 Å². The normalized spacial score (nSPS) is 12.4. The summed E-state index contributed by atoms with van der Waals surface area (Å²) in [4.78, 5) is 0. The average Bonchev–Trinajstić information content (AvgIpc) is 2.43. The fraction of sp³-hybridized carbons (Fsp3) is 0.462. The Morgan fingerprint density at radius 3 is 2.79 bits per heavy atom. The number of oxime groups is 1. The molecular weight excluding hydrogens is 266 g/mol. The van der Waals surface area contributed by atoms with Crippen LogP contribution in [-0.2, 0) is 9.84 Å². The quantitative estimate of drug-likeness (QED) is 0.360. The molecule has 0 fully saturated rings. The van der Waals surface area contributed by atoms with Crippen LogP contribution in [0.3, 0.4) is 0 Å². The van der Waals surface area contributed by atoms with Gasteiger partial charge in [-0.05, 0) is 25.5 Å². The van der Waals surface area contributed by atoms with Crippen molar-refractivity contribution in [1.29, 1.82) is 0 Å². The summed E-state index contributed by atoms with van der Waals surface area (Å²) in [6, 6.07) is 7.14. The summed E-state index contributed by atoms with van der Waals surface area (Å²) in [5.41, 5.74) is 1.26. The van der Waals surface area contributed by atoms with Gasteiger partial charge in [-0.15, -0.1) is 0 Å². The molecule has 1 N–H and O–H groups in total. The van der Waals surface area contributed by atoms with E-state index in [0.29, 0.717) is 24.5 Å². The van der Waals surface area contributed by atoms with Gasteiger partial charge >= 0.3 is 0 Å². The molecule has 0 saturated carbocycles. The molecule has 1 aromatic rings. The van der Waals surface area contributed by atoms with Crippen molar-refractivity contribution < 1.29 is 18.4 Å². The second-order valence-corrected chi connectivity index (χ2v) is 6.62. The maximum atomic E-state index is 11.3. The van der Waals surface area contributed by atoms with Crippen LogP contribution >= 0.6 is 0 Å². The van der Waals surface area contributed by atoms with Crippen LogP contribution in [0, 0.1) is 0 Å². The Bertz CT molecular complexity index is 537. The lowest BCUT2D eigenvalue weighted by Gasteiger charge is -2.07.